The van der Waals surface area contributed by atoms with Crippen LogP contribution in [0.3, 0.4) is 0 Å². The van der Waals surface area contributed by atoms with Crippen molar-refractivity contribution in [2.45, 2.75) is 10.6 Å². The molecule has 1 fully saturated rings. The number of carbonyl (C=O) groups is 1. The Labute approximate surface area is 57.5 Å². The lowest BCUT2D eigenvalue weighted by Crippen LogP contribution is -2.09. The molecule has 4 N–H and O–H groups in total. The second-order valence-corrected chi connectivity index (χ2v) is 3.13. The van der Waals surface area contributed by atoms with Crippen molar-refractivity contribution in [3.05, 3.63) is 11.8 Å². The highest BCUT2D eigenvalue weighted by molar-refractivity contribution is 8.07. The molecule has 4 heteroatoms. The van der Waals surface area contributed by atoms with Crippen LogP contribution in [0.15, 0.2) is 11.8 Å². The molecule has 0 spiro atoms. The summed E-state index contributed by atoms with van der Waals surface area (Å²) in [7, 11) is 0. The molecule has 0 aromatic heterocycles. The van der Waals surface area contributed by atoms with Crippen LogP contribution >= 0.6 is 11.8 Å². The fourth-order valence-corrected chi connectivity index (χ4v) is 1.29. The average Bonchev–Trinajstić information content (AvgIpc) is 2.51. The fraction of sp³-hybridized carbons (Fsp3) is 0.400. The van der Waals surface area contributed by atoms with Crippen molar-refractivity contribution < 1.29 is 4.79 Å². The van der Waals surface area contributed by atoms with Crippen LogP contribution in [0, 0.1) is 0 Å². The molecule has 0 bridgehead atoms. The highest BCUT2D eigenvalue weighted by Crippen LogP contribution is 2.41. The summed E-state index contributed by atoms with van der Waals surface area (Å²) in [4.78, 5) is 10.1. The number of hydrogen-bond acceptors (Lipinski definition) is 4. The summed E-state index contributed by atoms with van der Waals surface area (Å²) in [5, 5.41) is 0.248. The van der Waals surface area contributed by atoms with Gasteiger partial charge >= 0.3 is 0 Å². The van der Waals surface area contributed by atoms with Gasteiger partial charge in [-0.3, -0.25) is 4.79 Å². The predicted molar refractivity (Wildman–Crippen MR) is 37.7 cm³/mol. The van der Waals surface area contributed by atoms with Gasteiger partial charge in [0.15, 0.2) is 0 Å². The first kappa shape index (κ1) is 6.64. The largest absolute Gasteiger partial charge is 0.404 e. The van der Waals surface area contributed by atoms with E-state index in [9.17, 15) is 4.79 Å². The van der Waals surface area contributed by atoms with E-state index >= 15 is 0 Å². The van der Waals surface area contributed by atoms with E-state index in [1.807, 2.05) is 0 Å². The topological polar surface area (TPSA) is 69.1 Å². The van der Waals surface area contributed by atoms with Crippen LogP contribution < -0.4 is 11.5 Å². The van der Waals surface area contributed by atoms with E-state index in [0.29, 0.717) is 5.57 Å². The summed E-state index contributed by atoms with van der Waals surface area (Å²) >= 11 is 1.55. The predicted octanol–water partition coefficient (Wildman–Crippen LogP) is -0.572. The summed E-state index contributed by atoms with van der Waals surface area (Å²) in [6, 6.07) is 0. The smallest absolute Gasteiger partial charge is 0.148 e. The van der Waals surface area contributed by atoms with Gasteiger partial charge in [0.05, 0.1) is 10.6 Å². The molecule has 0 aliphatic carbocycles. The third-order valence-corrected chi connectivity index (χ3v) is 2.31. The zero-order valence-electron chi connectivity index (χ0n) is 4.78. The van der Waals surface area contributed by atoms with Gasteiger partial charge in [0.2, 0.25) is 0 Å². The van der Waals surface area contributed by atoms with Gasteiger partial charge < -0.3 is 11.5 Å². The van der Waals surface area contributed by atoms with E-state index in [4.69, 9.17) is 11.5 Å². The van der Waals surface area contributed by atoms with Crippen LogP contribution in [0.2, 0.25) is 0 Å². The Bertz CT molecular complexity index is 157. The molecular weight excluding hydrogens is 136 g/mol. The zero-order valence-corrected chi connectivity index (χ0v) is 5.60. The molecule has 3 nitrogen and oxygen atoms in total. The van der Waals surface area contributed by atoms with Gasteiger partial charge in [0, 0.05) is 11.8 Å². The van der Waals surface area contributed by atoms with Gasteiger partial charge in [-0.05, 0) is 0 Å². The molecule has 0 aromatic rings. The van der Waals surface area contributed by atoms with Gasteiger partial charge in [-0.2, -0.15) is 0 Å². The van der Waals surface area contributed by atoms with Crippen LogP contribution in [0.5, 0.6) is 0 Å². The maximum Gasteiger partial charge on any atom is 0.148 e. The molecule has 1 rings (SSSR count). The Kier molecular flexibility index (Phi) is 1.78. The lowest BCUT2D eigenvalue weighted by Gasteiger charge is -1.88. The minimum atomic E-state index is 0.0880. The maximum absolute atomic E-state index is 10.1. The Morgan fingerprint density at radius 3 is 2.33 bits per heavy atom. The van der Waals surface area contributed by atoms with Gasteiger partial charge in [-0.1, -0.05) is 0 Å². The van der Waals surface area contributed by atoms with Crippen molar-refractivity contribution in [2.24, 2.45) is 11.5 Å². The van der Waals surface area contributed by atoms with Crippen molar-refractivity contribution in [1.29, 1.82) is 0 Å². The molecule has 0 amide bonds. The molecule has 2 atom stereocenters. The number of nitrogens with two attached hydrogens (primary N) is 2. The van der Waals surface area contributed by atoms with E-state index in [1.54, 1.807) is 11.8 Å². The third kappa shape index (κ3) is 1.25. The zero-order chi connectivity index (χ0) is 6.85. The molecule has 0 saturated carbocycles. The van der Waals surface area contributed by atoms with E-state index in [-0.39, 0.29) is 10.6 Å². The molecule has 1 unspecified atom stereocenters. The van der Waals surface area contributed by atoms with Crippen LogP contribution in [0.25, 0.3) is 0 Å². The Hall–Kier alpha value is -0.480. The first-order valence-electron chi connectivity index (χ1n) is 2.57. The van der Waals surface area contributed by atoms with E-state index in [2.05, 4.69) is 0 Å². The van der Waals surface area contributed by atoms with E-state index < -0.39 is 0 Å². The Morgan fingerprint density at radius 2 is 2.22 bits per heavy atom. The van der Waals surface area contributed by atoms with Crippen molar-refractivity contribution >= 4 is 18.0 Å². The van der Waals surface area contributed by atoms with Crippen molar-refractivity contribution in [3.63, 3.8) is 0 Å². The molecule has 0 aromatic carbocycles. The van der Waals surface area contributed by atoms with E-state index in [1.165, 1.54) is 6.20 Å². The summed E-state index contributed by atoms with van der Waals surface area (Å²) in [5.41, 5.74) is 11.2. The van der Waals surface area contributed by atoms with Gasteiger partial charge in [-0.15, -0.1) is 11.8 Å². The molecule has 1 aliphatic heterocycles. The second kappa shape index (κ2) is 2.41. The maximum atomic E-state index is 10.1. The highest BCUT2D eigenvalue weighted by Gasteiger charge is 2.37. The minimum Gasteiger partial charge on any atom is -0.404 e. The number of carbonyl (C=O) groups excluding carboxylic acids is 1. The Morgan fingerprint density at radius 1 is 1.67 bits per heavy atom. The number of aldehydes is 1. The van der Waals surface area contributed by atoms with Crippen LogP contribution in [-0.2, 0) is 4.79 Å². The summed E-state index contributed by atoms with van der Waals surface area (Å²) < 4.78 is 0. The van der Waals surface area contributed by atoms with Crippen LogP contribution in [0.1, 0.15) is 0 Å². The van der Waals surface area contributed by atoms with Crippen molar-refractivity contribution in [1.82, 2.24) is 0 Å². The van der Waals surface area contributed by atoms with E-state index in [0.717, 1.165) is 6.29 Å². The number of rotatable bonds is 2. The lowest BCUT2D eigenvalue weighted by atomic mass is 10.2. The summed E-state index contributed by atoms with van der Waals surface area (Å²) in [5.74, 6) is 0. The van der Waals surface area contributed by atoms with Crippen LogP contribution in [-0.4, -0.2) is 16.9 Å². The minimum absolute atomic E-state index is 0.0880. The number of hydrogen-bond donors (Lipinski definition) is 2. The summed E-state index contributed by atoms with van der Waals surface area (Å²) in [6.45, 7) is 0. The molecule has 1 saturated heterocycles. The monoisotopic (exact) mass is 144 g/mol. The fourth-order valence-electron chi connectivity index (χ4n) is 0.593. The molecule has 0 radical (unpaired) electrons. The Balaban J connectivity index is 2.51. The van der Waals surface area contributed by atoms with Crippen molar-refractivity contribution in [3.8, 4) is 0 Å². The molecule has 1 heterocycles. The first-order chi connectivity index (χ1) is 4.29. The van der Waals surface area contributed by atoms with Gasteiger partial charge in [0.1, 0.15) is 6.29 Å². The third-order valence-electron chi connectivity index (χ3n) is 1.18. The normalized spacial score (nSPS) is 34.1. The molecule has 50 valence electrons. The molecule has 1 aliphatic rings. The highest BCUT2D eigenvalue weighted by atomic mass is 32.2. The molecular formula is C5H8N2OS. The lowest BCUT2D eigenvalue weighted by molar-refractivity contribution is -0.104. The van der Waals surface area contributed by atoms with Gasteiger partial charge in [-0.25, -0.2) is 0 Å². The summed E-state index contributed by atoms with van der Waals surface area (Å²) in [6.07, 6.45) is 2.07. The second-order valence-electron chi connectivity index (χ2n) is 1.81. The quantitative estimate of drug-likeness (QED) is 0.309. The average molecular weight is 144 g/mol. The van der Waals surface area contributed by atoms with Crippen LogP contribution in [0.4, 0.5) is 0 Å². The standard InChI is InChI=1S/C5H8N2OS/c6-1-3(2-8)4-5(7)9-4/h1-2,4-5H,6-7H2/t4-,5?/m1/s1. The molecule has 9 heavy (non-hydrogen) atoms. The van der Waals surface area contributed by atoms with Crippen molar-refractivity contribution in [2.75, 3.05) is 0 Å². The number of thioether (sulfide) groups is 1. The first-order valence-corrected chi connectivity index (χ1v) is 3.52. The SMILES string of the molecule is NC=C(C=O)[C@H]1SC1N. The van der Waals surface area contributed by atoms with Gasteiger partial charge in [0.25, 0.3) is 0 Å².